The Bertz CT molecular complexity index is 837. The third kappa shape index (κ3) is 3.10. The van der Waals surface area contributed by atoms with E-state index in [2.05, 4.69) is 5.32 Å². The van der Waals surface area contributed by atoms with Crippen molar-refractivity contribution >= 4 is 23.5 Å². The van der Waals surface area contributed by atoms with Crippen LogP contribution in [0.25, 0.3) is 0 Å². The highest BCUT2D eigenvalue weighted by Gasteiger charge is 2.37. The lowest BCUT2D eigenvalue weighted by Crippen LogP contribution is -2.43. The summed E-state index contributed by atoms with van der Waals surface area (Å²) in [6.07, 6.45) is 0.380. The van der Waals surface area contributed by atoms with Crippen LogP contribution in [0.5, 0.6) is 0 Å². The molecular weight excluding hydrogens is 330 g/mol. The van der Waals surface area contributed by atoms with E-state index in [4.69, 9.17) is 4.74 Å². The lowest BCUT2D eigenvalue weighted by atomic mass is 10.0. The lowest BCUT2D eigenvalue weighted by Gasteiger charge is -2.32. The van der Waals surface area contributed by atoms with Crippen LogP contribution < -0.4 is 10.2 Å². The molecule has 2 aromatic carbocycles. The van der Waals surface area contributed by atoms with Gasteiger partial charge in [0.2, 0.25) is 0 Å². The predicted octanol–water partition coefficient (Wildman–Crippen LogP) is 3.76. The number of ether oxygens (including phenoxy) is 1. The average molecular weight is 351 g/mol. The molecule has 1 atom stereocenters. The molecule has 134 valence electrons. The van der Waals surface area contributed by atoms with E-state index >= 15 is 0 Å². The van der Waals surface area contributed by atoms with Crippen LogP contribution in [0, 0.1) is 6.92 Å². The topological polar surface area (TPSA) is 61.9 Å². The van der Waals surface area contributed by atoms with Crippen LogP contribution in [0.1, 0.15) is 17.5 Å². The third-order valence-electron chi connectivity index (χ3n) is 4.87. The zero-order chi connectivity index (χ0) is 18.1. The van der Waals surface area contributed by atoms with Gasteiger partial charge in [-0.05, 0) is 42.7 Å². The Hall–Kier alpha value is -3.02. The molecule has 6 heteroatoms. The summed E-state index contributed by atoms with van der Waals surface area (Å²) in [6, 6.07) is 15.2. The average Bonchev–Trinajstić information content (AvgIpc) is 2.98. The summed E-state index contributed by atoms with van der Waals surface area (Å²) in [6.45, 7) is 3.37. The molecule has 2 aliphatic heterocycles. The van der Waals surface area contributed by atoms with Crippen molar-refractivity contribution in [3.63, 3.8) is 0 Å². The van der Waals surface area contributed by atoms with E-state index in [0.29, 0.717) is 26.1 Å². The number of nitrogens with one attached hydrogen (secondary N) is 1. The minimum absolute atomic E-state index is 0.0459. The standard InChI is InChI=1S/C20H21N3O3/c1-14-7-8-15-12-22(19(24)21-16-5-3-2-4-6-16)10-9-17-13-26-20(25)23(17)18(15)11-14/h2-8,11,17H,9-10,12-13H2,1H3,(H,21,24). The van der Waals surface area contributed by atoms with Crippen LogP contribution in [0.15, 0.2) is 48.5 Å². The van der Waals surface area contributed by atoms with Gasteiger partial charge in [-0.2, -0.15) is 0 Å². The summed E-state index contributed by atoms with van der Waals surface area (Å²) in [5.41, 5.74) is 3.63. The Morgan fingerprint density at radius 1 is 1.19 bits per heavy atom. The monoisotopic (exact) mass is 351 g/mol. The molecule has 1 N–H and O–H groups in total. The molecule has 0 aliphatic carbocycles. The Kier molecular flexibility index (Phi) is 4.24. The number of carbonyl (C=O) groups is 2. The zero-order valence-electron chi connectivity index (χ0n) is 14.6. The van der Waals surface area contributed by atoms with E-state index in [-0.39, 0.29) is 18.2 Å². The van der Waals surface area contributed by atoms with Crippen molar-refractivity contribution in [2.45, 2.75) is 25.9 Å². The molecule has 1 fully saturated rings. The minimum Gasteiger partial charge on any atom is -0.447 e. The van der Waals surface area contributed by atoms with Gasteiger partial charge in [-0.1, -0.05) is 30.3 Å². The normalized spacial score (nSPS) is 19.1. The first-order chi connectivity index (χ1) is 12.6. The molecule has 2 aliphatic rings. The smallest absolute Gasteiger partial charge is 0.414 e. The van der Waals surface area contributed by atoms with Gasteiger partial charge in [-0.3, -0.25) is 4.90 Å². The quantitative estimate of drug-likeness (QED) is 0.851. The number of nitrogens with zero attached hydrogens (tertiary/aromatic N) is 2. The summed E-state index contributed by atoms with van der Waals surface area (Å²) in [5.74, 6) is 0. The van der Waals surface area contributed by atoms with Crippen molar-refractivity contribution in [2.75, 3.05) is 23.4 Å². The molecule has 2 aromatic rings. The van der Waals surface area contributed by atoms with E-state index in [9.17, 15) is 9.59 Å². The molecular formula is C20H21N3O3. The Morgan fingerprint density at radius 3 is 2.81 bits per heavy atom. The zero-order valence-corrected chi connectivity index (χ0v) is 14.6. The molecule has 0 saturated carbocycles. The first kappa shape index (κ1) is 16.4. The summed E-state index contributed by atoms with van der Waals surface area (Å²) in [5, 5.41) is 2.95. The number of urea groups is 1. The molecule has 4 rings (SSSR count). The SMILES string of the molecule is Cc1ccc2c(c1)N1C(=O)OCC1CCN(C(=O)Nc1ccccc1)C2. The maximum absolute atomic E-state index is 12.8. The predicted molar refractivity (Wildman–Crippen MR) is 99.3 cm³/mol. The first-order valence-electron chi connectivity index (χ1n) is 8.78. The van der Waals surface area contributed by atoms with Crippen LogP contribution in [0.3, 0.4) is 0 Å². The third-order valence-corrected chi connectivity index (χ3v) is 4.87. The fourth-order valence-electron chi connectivity index (χ4n) is 3.49. The molecule has 0 bridgehead atoms. The number of hydrogen-bond acceptors (Lipinski definition) is 3. The highest BCUT2D eigenvalue weighted by molar-refractivity contribution is 5.92. The van der Waals surface area contributed by atoms with E-state index < -0.39 is 0 Å². The highest BCUT2D eigenvalue weighted by atomic mass is 16.6. The highest BCUT2D eigenvalue weighted by Crippen LogP contribution is 2.32. The molecule has 0 radical (unpaired) electrons. The molecule has 6 nitrogen and oxygen atoms in total. The number of rotatable bonds is 1. The van der Waals surface area contributed by atoms with Gasteiger partial charge in [0.05, 0.1) is 11.7 Å². The number of fused-ring (bicyclic) bond motifs is 3. The lowest BCUT2D eigenvalue weighted by molar-refractivity contribution is 0.177. The number of benzene rings is 2. The number of anilines is 2. The van der Waals surface area contributed by atoms with Crippen molar-refractivity contribution in [3.05, 3.63) is 59.7 Å². The van der Waals surface area contributed by atoms with Gasteiger partial charge in [0.15, 0.2) is 0 Å². The first-order valence-corrected chi connectivity index (χ1v) is 8.78. The van der Waals surface area contributed by atoms with Gasteiger partial charge in [0.1, 0.15) is 6.61 Å². The van der Waals surface area contributed by atoms with E-state index in [0.717, 1.165) is 22.5 Å². The summed E-state index contributed by atoms with van der Waals surface area (Å²) >= 11 is 0. The molecule has 3 amide bonds. The van der Waals surface area contributed by atoms with Crippen LogP contribution >= 0.6 is 0 Å². The molecule has 0 aromatic heterocycles. The van der Waals surface area contributed by atoms with Crippen LogP contribution in [0.4, 0.5) is 21.0 Å². The van der Waals surface area contributed by atoms with Crippen LogP contribution in [-0.4, -0.2) is 36.2 Å². The Morgan fingerprint density at radius 2 is 2.00 bits per heavy atom. The second-order valence-electron chi connectivity index (χ2n) is 6.74. The fourth-order valence-corrected chi connectivity index (χ4v) is 3.49. The molecule has 1 unspecified atom stereocenters. The largest absolute Gasteiger partial charge is 0.447 e. The molecule has 0 spiro atoms. The van der Waals surface area contributed by atoms with Gasteiger partial charge in [-0.15, -0.1) is 0 Å². The number of hydrogen-bond donors (Lipinski definition) is 1. The molecule has 2 heterocycles. The summed E-state index contributed by atoms with van der Waals surface area (Å²) < 4.78 is 5.27. The van der Waals surface area contributed by atoms with E-state index in [1.165, 1.54) is 0 Å². The Labute approximate surface area is 152 Å². The summed E-state index contributed by atoms with van der Waals surface area (Å²) in [4.78, 5) is 28.5. The maximum Gasteiger partial charge on any atom is 0.414 e. The van der Waals surface area contributed by atoms with E-state index in [1.807, 2.05) is 55.5 Å². The summed E-state index contributed by atoms with van der Waals surface area (Å²) in [7, 11) is 0. The van der Waals surface area contributed by atoms with Gasteiger partial charge in [0, 0.05) is 18.8 Å². The van der Waals surface area contributed by atoms with Crippen LogP contribution in [0.2, 0.25) is 0 Å². The van der Waals surface area contributed by atoms with Crippen molar-refractivity contribution < 1.29 is 14.3 Å². The molecule has 26 heavy (non-hydrogen) atoms. The fraction of sp³-hybridized carbons (Fsp3) is 0.300. The van der Waals surface area contributed by atoms with Crippen molar-refractivity contribution in [2.24, 2.45) is 0 Å². The minimum atomic E-state index is -0.302. The maximum atomic E-state index is 12.8. The van der Waals surface area contributed by atoms with Crippen molar-refractivity contribution in [3.8, 4) is 0 Å². The molecule has 1 saturated heterocycles. The Balaban J connectivity index is 1.63. The second-order valence-corrected chi connectivity index (χ2v) is 6.74. The number of carbonyl (C=O) groups excluding carboxylic acids is 2. The van der Waals surface area contributed by atoms with Crippen molar-refractivity contribution in [1.29, 1.82) is 0 Å². The van der Waals surface area contributed by atoms with Gasteiger partial charge in [0.25, 0.3) is 0 Å². The van der Waals surface area contributed by atoms with Gasteiger partial charge < -0.3 is 15.0 Å². The number of cyclic esters (lactones) is 1. The van der Waals surface area contributed by atoms with Crippen LogP contribution in [-0.2, 0) is 11.3 Å². The van der Waals surface area contributed by atoms with Gasteiger partial charge in [-0.25, -0.2) is 9.59 Å². The number of amides is 3. The number of para-hydroxylation sites is 1. The second kappa shape index (κ2) is 6.71. The van der Waals surface area contributed by atoms with E-state index in [1.54, 1.807) is 9.80 Å². The van der Waals surface area contributed by atoms with Crippen molar-refractivity contribution in [1.82, 2.24) is 4.90 Å². The van der Waals surface area contributed by atoms with Gasteiger partial charge >= 0.3 is 12.1 Å². The number of aryl methyl sites for hydroxylation is 1.